The minimum Gasteiger partial charge on any atom is -0.350 e. The van der Waals surface area contributed by atoms with Crippen molar-refractivity contribution in [1.82, 2.24) is 25.5 Å². The second kappa shape index (κ2) is 9.11. The maximum absolute atomic E-state index is 13.0. The number of tetrazole rings is 1. The van der Waals surface area contributed by atoms with Gasteiger partial charge in [0.2, 0.25) is 5.91 Å². The van der Waals surface area contributed by atoms with Crippen LogP contribution in [0.4, 0.5) is 5.69 Å². The molecule has 4 saturated carbocycles. The van der Waals surface area contributed by atoms with E-state index in [0.717, 1.165) is 47.6 Å². The lowest BCUT2D eigenvalue weighted by molar-refractivity contribution is -0.124. The summed E-state index contributed by atoms with van der Waals surface area (Å²) in [5.74, 6) is 2.56. The van der Waals surface area contributed by atoms with E-state index in [1.54, 1.807) is 10.7 Å². The minimum atomic E-state index is -0.204. The Kier molecular flexibility index (Phi) is 5.80. The first-order valence-corrected chi connectivity index (χ1v) is 13.2. The SMILES string of the molecule is O=C(CSc1ccccc1C(=O)Nc1ccc(-n2cnnn2)cc1)NC12CC3CC(CC(C3)C1)C2. The van der Waals surface area contributed by atoms with Crippen LogP contribution in [-0.4, -0.2) is 43.3 Å². The maximum Gasteiger partial charge on any atom is 0.256 e. The highest BCUT2D eigenvalue weighted by atomic mass is 32.2. The predicted octanol–water partition coefficient (Wildman–Crippen LogP) is 4.09. The molecule has 4 aliphatic rings. The van der Waals surface area contributed by atoms with Crippen molar-refractivity contribution >= 4 is 29.3 Å². The van der Waals surface area contributed by atoms with Gasteiger partial charge in [0.1, 0.15) is 6.33 Å². The molecule has 2 amide bonds. The number of carbonyl (C=O) groups excluding carboxylic acids is 2. The van der Waals surface area contributed by atoms with E-state index in [4.69, 9.17) is 0 Å². The van der Waals surface area contributed by atoms with Crippen molar-refractivity contribution in [3.05, 3.63) is 60.4 Å². The third kappa shape index (κ3) is 4.69. The molecule has 2 aromatic carbocycles. The van der Waals surface area contributed by atoms with Crippen molar-refractivity contribution in [2.75, 3.05) is 11.1 Å². The van der Waals surface area contributed by atoms with Crippen LogP contribution in [0.25, 0.3) is 5.69 Å². The van der Waals surface area contributed by atoms with E-state index in [2.05, 4.69) is 26.2 Å². The van der Waals surface area contributed by atoms with Gasteiger partial charge < -0.3 is 10.6 Å². The van der Waals surface area contributed by atoms with Gasteiger partial charge >= 0.3 is 0 Å². The summed E-state index contributed by atoms with van der Waals surface area (Å²) in [5, 5.41) is 17.5. The van der Waals surface area contributed by atoms with Crippen LogP contribution in [0.5, 0.6) is 0 Å². The molecule has 0 spiro atoms. The first kappa shape index (κ1) is 22.3. The van der Waals surface area contributed by atoms with Crippen molar-refractivity contribution in [2.45, 2.75) is 49.0 Å². The Balaban J connectivity index is 1.08. The Hall–Kier alpha value is -3.20. The van der Waals surface area contributed by atoms with Crippen LogP contribution < -0.4 is 10.6 Å². The monoisotopic (exact) mass is 488 g/mol. The molecule has 2 N–H and O–H groups in total. The van der Waals surface area contributed by atoms with Gasteiger partial charge in [-0.3, -0.25) is 9.59 Å². The summed E-state index contributed by atoms with van der Waals surface area (Å²) in [5.41, 5.74) is 2.04. The average Bonchev–Trinajstić information content (AvgIpc) is 3.37. The molecule has 4 fully saturated rings. The highest BCUT2D eigenvalue weighted by Crippen LogP contribution is 2.55. The van der Waals surface area contributed by atoms with Gasteiger partial charge in [-0.1, -0.05) is 12.1 Å². The Bertz CT molecular complexity index is 1190. The van der Waals surface area contributed by atoms with Crippen LogP contribution in [0.3, 0.4) is 0 Å². The van der Waals surface area contributed by atoms with Crippen molar-refractivity contribution in [2.24, 2.45) is 17.8 Å². The van der Waals surface area contributed by atoms with Crippen molar-refractivity contribution < 1.29 is 9.59 Å². The number of hydrogen-bond donors (Lipinski definition) is 2. The Morgan fingerprint density at radius 1 is 0.971 bits per heavy atom. The Labute approximate surface area is 208 Å². The van der Waals surface area contributed by atoms with Gasteiger partial charge in [-0.05, 0) is 103 Å². The predicted molar refractivity (Wildman–Crippen MR) is 133 cm³/mol. The van der Waals surface area contributed by atoms with E-state index in [1.165, 1.54) is 37.4 Å². The van der Waals surface area contributed by atoms with Crippen LogP contribution in [0.15, 0.2) is 59.8 Å². The van der Waals surface area contributed by atoms with Gasteiger partial charge in [-0.2, -0.15) is 0 Å². The second-order valence-corrected chi connectivity index (χ2v) is 11.3. The van der Waals surface area contributed by atoms with Gasteiger partial charge in [0.05, 0.1) is 17.0 Å². The molecule has 0 aliphatic heterocycles. The number of hydrogen-bond acceptors (Lipinski definition) is 6. The lowest BCUT2D eigenvalue weighted by Crippen LogP contribution is -2.60. The Morgan fingerprint density at radius 2 is 1.66 bits per heavy atom. The van der Waals surface area contributed by atoms with Crippen LogP contribution in [-0.2, 0) is 4.79 Å². The standard InChI is InChI=1S/C26H28N6O2S/c33-24(29-26-12-17-9-18(13-26)11-19(10-17)14-26)15-35-23-4-2-1-3-22(23)25(34)28-20-5-7-21(8-6-20)32-16-27-30-31-32/h1-8,16-19H,9-15H2,(H,28,34)(H,29,33). The van der Waals surface area contributed by atoms with Crippen LogP contribution in [0, 0.1) is 17.8 Å². The van der Waals surface area contributed by atoms with Crippen molar-refractivity contribution in [3.8, 4) is 5.69 Å². The lowest BCUT2D eigenvalue weighted by Gasteiger charge is -2.56. The average molecular weight is 489 g/mol. The number of aromatic nitrogens is 4. The third-order valence-electron chi connectivity index (χ3n) is 7.67. The van der Waals surface area contributed by atoms with Gasteiger partial charge in [0.25, 0.3) is 5.91 Å². The molecule has 8 nitrogen and oxygen atoms in total. The molecule has 3 aromatic rings. The number of thioether (sulfide) groups is 1. The summed E-state index contributed by atoms with van der Waals surface area (Å²) in [7, 11) is 0. The highest BCUT2D eigenvalue weighted by Gasteiger charge is 2.51. The largest absolute Gasteiger partial charge is 0.350 e. The minimum absolute atomic E-state index is 0.0117. The normalized spacial score (nSPS) is 26.5. The van der Waals surface area contributed by atoms with E-state index in [9.17, 15) is 9.59 Å². The maximum atomic E-state index is 13.0. The first-order chi connectivity index (χ1) is 17.1. The first-order valence-electron chi connectivity index (χ1n) is 12.2. The lowest BCUT2D eigenvalue weighted by atomic mass is 9.53. The molecule has 35 heavy (non-hydrogen) atoms. The molecular weight excluding hydrogens is 460 g/mol. The zero-order valence-corrected chi connectivity index (χ0v) is 20.2. The van der Waals surface area contributed by atoms with E-state index < -0.39 is 0 Å². The topological polar surface area (TPSA) is 102 Å². The molecule has 1 aromatic heterocycles. The summed E-state index contributed by atoms with van der Waals surface area (Å²) < 4.78 is 1.55. The summed E-state index contributed by atoms with van der Waals surface area (Å²) in [6.45, 7) is 0. The zero-order valence-electron chi connectivity index (χ0n) is 19.4. The van der Waals surface area contributed by atoms with E-state index in [1.807, 2.05) is 42.5 Å². The molecule has 7 rings (SSSR count). The fraction of sp³-hybridized carbons (Fsp3) is 0.423. The van der Waals surface area contributed by atoms with Gasteiger partial charge in [-0.25, -0.2) is 4.68 Å². The van der Waals surface area contributed by atoms with E-state index in [-0.39, 0.29) is 17.4 Å². The van der Waals surface area contributed by atoms with E-state index >= 15 is 0 Å². The molecule has 9 heteroatoms. The van der Waals surface area contributed by atoms with Crippen LogP contribution in [0.1, 0.15) is 48.9 Å². The van der Waals surface area contributed by atoms with Gasteiger partial charge in [0, 0.05) is 16.1 Å². The molecule has 0 saturated heterocycles. The summed E-state index contributed by atoms with van der Waals surface area (Å²) in [6, 6.07) is 14.7. The van der Waals surface area contributed by atoms with Gasteiger partial charge in [-0.15, -0.1) is 16.9 Å². The molecule has 0 atom stereocenters. The van der Waals surface area contributed by atoms with Crippen molar-refractivity contribution in [3.63, 3.8) is 0 Å². The van der Waals surface area contributed by atoms with Crippen molar-refractivity contribution in [1.29, 1.82) is 0 Å². The quantitative estimate of drug-likeness (QED) is 0.486. The Morgan fingerprint density at radius 3 is 2.31 bits per heavy atom. The summed E-state index contributed by atoms with van der Waals surface area (Å²) in [4.78, 5) is 26.8. The smallest absolute Gasteiger partial charge is 0.256 e. The molecule has 4 aliphatic carbocycles. The fourth-order valence-corrected chi connectivity index (χ4v) is 7.54. The van der Waals surface area contributed by atoms with Crippen LogP contribution in [0.2, 0.25) is 0 Å². The van der Waals surface area contributed by atoms with Gasteiger partial charge in [0.15, 0.2) is 0 Å². The zero-order chi connectivity index (χ0) is 23.8. The number of rotatable bonds is 7. The van der Waals surface area contributed by atoms with Crippen LogP contribution >= 0.6 is 11.8 Å². The summed E-state index contributed by atoms with van der Waals surface area (Å²) >= 11 is 1.42. The molecule has 1 heterocycles. The van der Waals surface area contributed by atoms with E-state index in [0.29, 0.717) is 17.0 Å². The number of carbonyl (C=O) groups is 2. The number of benzene rings is 2. The molecular formula is C26H28N6O2S. The summed E-state index contributed by atoms with van der Waals surface area (Å²) in [6.07, 6.45) is 8.99. The number of anilines is 1. The number of nitrogens with one attached hydrogen (secondary N) is 2. The molecule has 180 valence electrons. The molecule has 0 unspecified atom stereocenters. The second-order valence-electron chi connectivity index (χ2n) is 10.3. The fourth-order valence-electron chi connectivity index (χ4n) is 6.69. The molecule has 4 bridgehead atoms. The molecule has 0 radical (unpaired) electrons. The number of nitrogens with zero attached hydrogens (tertiary/aromatic N) is 4. The number of amides is 2. The third-order valence-corrected chi connectivity index (χ3v) is 8.75. The highest BCUT2D eigenvalue weighted by molar-refractivity contribution is 8.00.